The normalized spacial score (nSPS) is 44.5. The number of carbonyl (C=O) groups excluding carboxylic acids is 1. The molecule has 0 aromatic carbocycles. The molecule has 4 heterocycles. The largest absolute Gasteiger partial charge is 0.462 e. The van der Waals surface area contributed by atoms with E-state index in [0.717, 1.165) is 17.7 Å². The number of aliphatic hydroxyl groups is 2. The van der Waals surface area contributed by atoms with Crippen LogP contribution in [0.1, 0.15) is 80.6 Å². The first kappa shape index (κ1) is 34.8. The summed E-state index contributed by atoms with van der Waals surface area (Å²) in [5, 5.41) is 27.6. The van der Waals surface area contributed by atoms with Gasteiger partial charge >= 0.3 is 5.97 Å². The number of ether oxygens (including phenoxy) is 4. The molecule has 9 heteroatoms. The summed E-state index contributed by atoms with van der Waals surface area (Å²) in [5.41, 5.74) is 2.54. The lowest BCUT2D eigenvalue weighted by molar-refractivity contribution is -0.313. The Morgan fingerprint density at radius 2 is 1.96 bits per heavy atom. The summed E-state index contributed by atoms with van der Waals surface area (Å²) in [5.74, 6) is -2.15. The fraction of sp³-hybridized carbons (Fsp3) is 0.676. The second-order valence-corrected chi connectivity index (χ2v) is 14.5. The molecular weight excluding hydrogens is 586 g/mol. The van der Waals surface area contributed by atoms with Gasteiger partial charge in [-0.1, -0.05) is 74.9 Å². The summed E-state index contributed by atoms with van der Waals surface area (Å²) >= 11 is 0. The SMILES string of the molecule is CO/N=C1\C[C@]2(C[C@H]3C[C@@H](C/C=C(/C)C[C@H](C)/C=C\C=C4\CO[C@@H]5[C@H](O)C(C)=C[C@H](C(=O)O3)[C@]45O)O2)O[C@H](/C(C)=C/C(C)C)[C@H]1C. The third-order valence-electron chi connectivity index (χ3n) is 10.1. The molecule has 0 unspecified atom stereocenters. The van der Waals surface area contributed by atoms with Crippen molar-refractivity contribution in [2.24, 2.45) is 28.8 Å². The van der Waals surface area contributed by atoms with Gasteiger partial charge in [0.05, 0.1) is 24.5 Å². The molecular formula is C37H53NO8. The first-order valence-corrected chi connectivity index (χ1v) is 16.8. The molecule has 3 fully saturated rings. The zero-order valence-corrected chi connectivity index (χ0v) is 28.7. The van der Waals surface area contributed by atoms with Crippen LogP contribution in [0.25, 0.3) is 0 Å². The molecule has 5 rings (SSSR count). The van der Waals surface area contributed by atoms with Crippen LogP contribution in [0.5, 0.6) is 0 Å². The van der Waals surface area contributed by atoms with Crippen LogP contribution in [0.2, 0.25) is 0 Å². The van der Waals surface area contributed by atoms with E-state index in [-0.39, 0.29) is 30.7 Å². The summed E-state index contributed by atoms with van der Waals surface area (Å²) in [6.07, 6.45) is 11.4. The summed E-state index contributed by atoms with van der Waals surface area (Å²) in [7, 11) is 1.55. The lowest BCUT2D eigenvalue weighted by Crippen LogP contribution is -2.59. The highest BCUT2D eigenvalue weighted by Gasteiger charge is 2.60. The van der Waals surface area contributed by atoms with E-state index in [0.29, 0.717) is 42.7 Å². The van der Waals surface area contributed by atoms with Crippen molar-refractivity contribution in [1.29, 1.82) is 0 Å². The Balaban J connectivity index is 1.55. The van der Waals surface area contributed by atoms with Gasteiger partial charge in [-0.15, -0.1) is 0 Å². The summed E-state index contributed by atoms with van der Waals surface area (Å²) in [6.45, 7) is 14.6. The second kappa shape index (κ2) is 13.9. The van der Waals surface area contributed by atoms with E-state index in [1.54, 1.807) is 20.1 Å². The number of oxime groups is 1. The van der Waals surface area contributed by atoms with Crippen LogP contribution in [-0.4, -0.2) is 77.5 Å². The van der Waals surface area contributed by atoms with E-state index in [1.807, 2.05) is 12.2 Å². The summed E-state index contributed by atoms with van der Waals surface area (Å²) < 4.78 is 26.0. The average Bonchev–Trinajstić information content (AvgIpc) is 3.31. The van der Waals surface area contributed by atoms with Crippen LogP contribution in [0.3, 0.4) is 0 Å². The highest BCUT2D eigenvalue weighted by atomic mass is 16.7. The molecule has 254 valence electrons. The molecule has 0 amide bonds. The minimum absolute atomic E-state index is 0.0340. The fourth-order valence-electron chi connectivity index (χ4n) is 7.94. The molecule has 10 atom stereocenters. The second-order valence-electron chi connectivity index (χ2n) is 14.5. The molecule has 46 heavy (non-hydrogen) atoms. The van der Waals surface area contributed by atoms with Crippen molar-refractivity contribution < 1.29 is 38.8 Å². The van der Waals surface area contributed by atoms with Crippen LogP contribution in [0.4, 0.5) is 0 Å². The van der Waals surface area contributed by atoms with E-state index in [4.69, 9.17) is 23.8 Å². The molecule has 0 radical (unpaired) electrons. The van der Waals surface area contributed by atoms with Gasteiger partial charge in [-0.2, -0.15) is 0 Å². The third kappa shape index (κ3) is 6.99. The lowest BCUT2D eigenvalue weighted by atomic mass is 9.71. The number of carbonyl (C=O) groups is 1. The molecule has 1 aliphatic carbocycles. The maximum atomic E-state index is 14.2. The predicted octanol–water partition coefficient (Wildman–Crippen LogP) is 5.73. The number of allylic oxidation sites excluding steroid dienone is 5. The van der Waals surface area contributed by atoms with E-state index in [9.17, 15) is 15.0 Å². The van der Waals surface area contributed by atoms with Crippen LogP contribution < -0.4 is 0 Å². The molecule has 2 bridgehead atoms. The molecule has 1 spiro atoms. The van der Waals surface area contributed by atoms with E-state index >= 15 is 0 Å². The topological polar surface area (TPSA) is 116 Å². The van der Waals surface area contributed by atoms with Crippen molar-refractivity contribution in [3.05, 3.63) is 58.7 Å². The molecule has 0 aromatic heterocycles. The van der Waals surface area contributed by atoms with E-state index in [2.05, 4.69) is 64.9 Å². The van der Waals surface area contributed by atoms with Gasteiger partial charge in [-0.25, -0.2) is 0 Å². The van der Waals surface area contributed by atoms with Gasteiger partial charge < -0.3 is 34.0 Å². The van der Waals surface area contributed by atoms with Crippen molar-refractivity contribution >= 4 is 11.7 Å². The molecule has 9 nitrogen and oxygen atoms in total. The first-order valence-electron chi connectivity index (χ1n) is 16.8. The molecule has 5 aliphatic rings. The van der Waals surface area contributed by atoms with Crippen molar-refractivity contribution in [2.75, 3.05) is 13.7 Å². The Kier molecular flexibility index (Phi) is 10.5. The summed E-state index contributed by atoms with van der Waals surface area (Å²) in [6, 6.07) is 0. The first-order chi connectivity index (χ1) is 21.8. The number of rotatable bonds is 3. The van der Waals surface area contributed by atoms with E-state index in [1.165, 1.54) is 5.57 Å². The van der Waals surface area contributed by atoms with Crippen LogP contribution >= 0.6 is 0 Å². The molecule has 0 aromatic rings. The highest BCUT2D eigenvalue weighted by molar-refractivity contribution is 5.88. The van der Waals surface area contributed by atoms with E-state index < -0.39 is 41.6 Å². The van der Waals surface area contributed by atoms with Gasteiger partial charge in [0.2, 0.25) is 0 Å². The lowest BCUT2D eigenvalue weighted by Gasteiger charge is -2.50. The quantitative estimate of drug-likeness (QED) is 0.229. The van der Waals surface area contributed by atoms with Gasteiger partial charge in [-0.3, -0.25) is 4.79 Å². The average molecular weight is 640 g/mol. The van der Waals surface area contributed by atoms with Crippen molar-refractivity contribution in [3.63, 3.8) is 0 Å². The summed E-state index contributed by atoms with van der Waals surface area (Å²) in [4.78, 5) is 19.4. The van der Waals surface area contributed by atoms with Gasteiger partial charge in [0, 0.05) is 25.2 Å². The number of hydrogen-bond acceptors (Lipinski definition) is 9. The van der Waals surface area contributed by atoms with Crippen molar-refractivity contribution in [3.8, 4) is 0 Å². The van der Waals surface area contributed by atoms with Gasteiger partial charge in [-0.05, 0) is 62.2 Å². The zero-order valence-electron chi connectivity index (χ0n) is 28.7. The number of nitrogens with zero attached hydrogens (tertiary/aromatic N) is 1. The fourth-order valence-corrected chi connectivity index (χ4v) is 7.94. The van der Waals surface area contributed by atoms with Crippen molar-refractivity contribution in [1.82, 2.24) is 0 Å². The predicted molar refractivity (Wildman–Crippen MR) is 176 cm³/mol. The van der Waals surface area contributed by atoms with Gasteiger partial charge in [0.1, 0.15) is 36.9 Å². The Morgan fingerprint density at radius 3 is 2.67 bits per heavy atom. The van der Waals surface area contributed by atoms with Gasteiger partial charge in [0.15, 0.2) is 5.79 Å². The number of fused-ring (bicyclic) bond motifs is 2. The highest BCUT2D eigenvalue weighted by Crippen LogP contribution is 2.47. The van der Waals surface area contributed by atoms with Gasteiger partial charge in [0.25, 0.3) is 0 Å². The smallest absolute Gasteiger partial charge is 0.316 e. The minimum Gasteiger partial charge on any atom is -0.462 e. The maximum absolute atomic E-state index is 14.2. The standard InChI is InChI=1S/C37H53NO8/c1-21(2)14-25(6)33-26(7)31(38-42-8)19-36(46-33)18-29-17-28(45-36)13-12-23(4)15-22(3)10-9-11-27-20-43-34-32(39)24(5)16-30(35(40)44-29)37(27,34)41/h9-12,14,16,21-22,26,28-30,32-34,39,41H,13,15,17-20H2,1-8H3/b10-9-,23-12-,25-14+,27-11-,38-31+/t22-,26+,28-,29-,30-,32-,33-,34-,36+,37-/m1/s1. The van der Waals surface area contributed by atoms with Crippen LogP contribution in [-0.2, 0) is 28.6 Å². The Hall–Kier alpha value is -2.56. The molecule has 2 N–H and O–H groups in total. The molecule has 3 saturated heterocycles. The number of aliphatic hydroxyl groups excluding tert-OH is 1. The number of hydrogen-bond donors (Lipinski definition) is 2. The third-order valence-corrected chi connectivity index (χ3v) is 10.1. The minimum atomic E-state index is -1.74. The van der Waals surface area contributed by atoms with Crippen molar-refractivity contribution in [2.45, 2.75) is 122 Å². The molecule has 0 saturated carbocycles. The maximum Gasteiger partial charge on any atom is 0.316 e. The zero-order chi connectivity index (χ0) is 33.4. The monoisotopic (exact) mass is 639 g/mol. The van der Waals surface area contributed by atoms with Crippen LogP contribution in [0.15, 0.2) is 63.9 Å². The van der Waals surface area contributed by atoms with Crippen LogP contribution in [0, 0.1) is 23.7 Å². The Morgan fingerprint density at radius 1 is 1.20 bits per heavy atom. The Bertz CT molecular complexity index is 1340. The Labute approximate surface area is 274 Å². The molecule has 4 aliphatic heterocycles. The number of esters is 1.